The highest BCUT2D eigenvalue weighted by Gasteiger charge is 2.15. The molecule has 0 fully saturated rings. The van der Waals surface area contributed by atoms with E-state index in [0.29, 0.717) is 5.75 Å². The predicted molar refractivity (Wildman–Crippen MR) is 122 cm³/mol. The van der Waals surface area contributed by atoms with Crippen LogP contribution in [0.4, 0.5) is 0 Å². The van der Waals surface area contributed by atoms with Crippen molar-refractivity contribution in [3.05, 3.63) is 60.7 Å². The van der Waals surface area contributed by atoms with Crippen molar-refractivity contribution in [3.8, 4) is 11.5 Å². The monoisotopic (exact) mass is 378 g/mol. The molecular formula is C23H42O2Si. The quantitative estimate of drug-likeness (QED) is 0.534. The van der Waals surface area contributed by atoms with Gasteiger partial charge in [0.2, 0.25) is 8.32 Å². The van der Waals surface area contributed by atoms with E-state index in [-0.39, 0.29) is 0 Å². The van der Waals surface area contributed by atoms with Gasteiger partial charge in [-0.2, -0.15) is 0 Å². The van der Waals surface area contributed by atoms with E-state index in [2.05, 4.69) is 47.3 Å². The molecule has 0 bridgehead atoms. The lowest BCUT2D eigenvalue weighted by Crippen LogP contribution is -2.29. The van der Waals surface area contributed by atoms with E-state index in [4.69, 9.17) is 9.53 Å². The second kappa shape index (κ2) is 21.3. The smallest absolute Gasteiger partial charge is 0.242 e. The number of benzene rings is 2. The van der Waals surface area contributed by atoms with Gasteiger partial charge in [-0.1, -0.05) is 90.8 Å². The largest absolute Gasteiger partial charge is 0.544 e. The molecule has 0 aromatic heterocycles. The minimum absolute atomic E-state index is 0.322. The molecule has 1 N–H and O–H groups in total. The Labute approximate surface area is 164 Å². The number of rotatable bonds is 2. The van der Waals surface area contributed by atoms with E-state index in [1.165, 1.54) is 12.8 Å². The summed E-state index contributed by atoms with van der Waals surface area (Å²) in [5.74, 6) is 1.31. The van der Waals surface area contributed by atoms with Crippen molar-refractivity contribution in [2.45, 2.75) is 74.0 Å². The summed E-state index contributed by atoms with van der Waals surface area (Å²) in [7, 11) is -1.40. The van der Waals surface area contributed by atoms with Crippen molar-refractivity contribution in [3.63, 3.8) is 0 Å². The first-order chi connectivity index (χ1) is 12.3. The maximum absolute atomic E-state index is 8.63. The first-order valence-electron chi connectivity index (χ1n) is 9.78. The van der Waals surface area contributed by atoms with Crippen LogP contribution < -0.4 is 4.43 Å². The highest BCUT2D eigenvalue weighted by Crippen LogP contribution is 2.14. The molecule has 0 heterocycles. The number of hydrogen-bond acceptors (Lipinski definition) is 2. The fourth-order valence-corrected chi connectivity index (χ4v) is 2.11. The van der Waals surface area contributed by atoms with Gasteiger partial charge in [0.15, 0.2) is 0 Å². The predicted octanol–water partition coefficient (Wildman–Crippen LogP) is 8.15. The average molecular weight is 379 g/mol. The number of para-hydroxylation sites is 2. The number of aromatic hydroxyl groups is 1. The highest BCUT2D eigenvalue weighted by atomic mass is 28.4. The normalized spacial score (nSPS) is 8.65. The molecule has 0 spiro atoms. The van der Waals surface area contributed by atoms with E-state index < -0.39 is 8.32 Å². The molecule has 3 heteroatoms. The Hall–Kier alpha value is -1.74. The Kier molecular flexibility index (Phi) is 23.8. The Morgan fingerprint density at radius 2 is 1.00 bits per heavy atom. The van der Waals surface area contributed by atoms with Crippen LogP contribution in [0.2, 0.25) is 19.6 Å². The molecule has 26 heavy (non-hydrogen) atoms. The maximum atomic E-state index is 8.63. The SMILES string of the molecule is CC.CCC.CCC.C[Si](C)(C)Oc1ccccc1.Oc1ccccc1. The summed E-state index contributed by atoms with van der Waals surface area (Å²) in [5.41, 5.74) is 0. The molecule has 0 amide bonds. The zero-order valence-electron chi connectivity index (χ0n) is 18.5. The van der Waals surface area contributed by atoms with Gasteiger partial charge in [0.25, 0.3) is 0 Å². The lowest BCUT2D eigenvalue weighted by Gasteiger charge is -2.18. The molecule has 0 aliphatic carbocycles. The number of phenolic OH excluding ortho intramolecular Hbond substituents is 1. The first-order valence-corrected chi connectivity index (χ1v) is 13.2. The van der Waals surface area contributed by atoms with Crippen LogP contribution in [0, 0.1) is 0 Å². The first kappa shape index (κ1) is 29.0. The van der Waals surface area contributed by atoms with Gasteiger partial charge in [0, 0.05) is 0 Å². The molecule has 0 saturated carbocycles. The lowest BCUT2D eigenvalue weighted by molar-refractivity contribution is 0.475. The zero-order valence-corrected chi connectivity index (χ0v) is 19.5. The van der Waals surface area contributed by atoms with E-state index >= 15 is 0 Å². The van der Waals surface area contributed by atoms with E-state index in [0.717, 1.165) is 5.75 Å². The summed E-state index contributed by atoms with van der Waals surface area (Å²) < 4.78 is 5.74. The summed E-state index contributed by atoms with van der Waals surface area (Å²) in [6.45, 7) is 19.0. The van der Waals surface area contributed by atoms with Gasteiger partial charge in [-0.15, -0.1) is 0 Å². The van der Waals surface area contributed by atoms with Crippen molar-refractivity contribution < 1.29 is 9.53 Å². The van der Waals surface area contributed by atoms with Crippen LogP contribution in [0.25, 0.3) is 0 Å². The van der Waals surface area contributed by atoms with Crippen LogP contribution in [-0.4, -0.2) is 13.4 Å². The van der Waals surface area contributed by atoms with Gasteiger partial charge in [0.1, 0.15) is 11.5 Å². The van der Waals surface area contributed by atoms with Crippen molar-refractivity contribution in [2.24, 2.45) is 0 Å². The van der Waals surface area contributed by atoms with Crippen molar-refractivity contribution in [2.75, 3.05) is 0 Å². The Bertz CT molecular complexity index is 463. The molecule has 2 aromatic carbocycles. The second-order valence-corrected chi connectivity index (χ2v) is 10.7. The molecule has 0 atom stereocenters. The van der Waals surface area contributed by atoms with Crippen molar-refractivity contribution in [1.82, 2.24) is 0 Å². The fourth-order valence-electron chi connectivity index (χ4n) is 1.27. The summed E-state index contributed by atoms with van der Waals surface area (Å²) in [6.07, 6.45) is 2.50. The third-order valence-electron chi connectivity index (χ3n) is 1.92. The van der Waals surface area contributed by atoms with Crippen molar-refractivity contribution >= 4 is 8.32 Å². The van der Waals surface area contributed by atoms with E-state index in [1.807, 2.05) is 50.2 Å². The molecule has 2 rings (SSSR count). The molecular weight excluding hydrogens is 336 g/mol. The molecule has 2 nitrogen and oxygen atoms in total. The Balaban J connectivity index is -0.000000303. The van der Waals surface area contributed by atoms with Crippen LogP contribution in [0.1, 0.15) is 54.4 Å². The minimum Gasteiger partial charge on any atom is -0.544 e. The van der Waals surface area contributed by atoms with Crippen LogP contribution >= 0.6 is 0 Å². The summed E-state index contributed by atoms with van der Waals surface area (Å²) in [6, 6.07) is 18.7. The summed E-state index contributed by atoms with van der Waals surface area (Å²) in [5, 5.41) is 8.63. The van der Waals surface area contributed by atoms with Gasteiger partial charge in [-0.25, -0.2) is 0 Å². The van der Waals surface area contributed by atoms with Crippen LogP contribution in [-0.2, 0) is 0 Å². The summed E-state index contributed by atoms with van der Waals surface area (Å²) in [4.78, 5) is 0. The van der Waals surface area contributed by atoms with Crippen LogP contribution in [0.3, 0.4) is 0 Å². The lowest BCUT2D eigenvalue weighted by atomic mass is 10.3. The van der Waals surface area contributed by atoms with Crippen LogP contribution in [0.5, 0.6) is 11.5 Å². The highest BCUT2D eigenvalue weighted by molar-refractivity contribution is 6.70. The van der Waals surface area contributed by atoms with Gasteiger partial charge < -0.3 is 9.53 Å². The molecule has 0 saturated heterocycles. The number of phenols is 1. The van der Waals surface area contributed by atoms with Gasteiger partial charge in [0.05, 0.1) is 0 Å². The topological polar surface area (TPSA) is 29.5 Å². The molecule has 2 aromatic rings. The Morgan fingerprint density at radius 1 is 0.692 bits per heavy atom. The third kappa shape index (κ3) is 27.1. The zero-order chi connectivity index (χ0) is 20.8. The van der Waals surface area contributed by atoms with Gasteiger partial charge in [-0.3, -0.25) is 0 Å². The van der Waals surface area contributed by atoms with Crippen LogP contribution in [0.15, 0.2) is 60.7 Å². The third-order valence-corrected chi connectivity index (χ3v) is 2.77. The molecule has 0 aliphatic rings. The molecule has 150 valence electrons. The second-order valence-electron chi connectivity index (χ2n) is 6.28. The standard InChI is InChI=1S/C9H14OSi.C6H6O.2C3H8.C2H6/c1-11(2,3)10-9-7-5-4-6-8-9;7-6-4-2-1-3-5-6;2*1-3-2;1-2/h4-8H,1-3H3;1-5,7H;2*3H2,1-2H3;1-2H3. The minimum atomic E-state index is -1.40. The summed E-state index contributed by atoms with van der Waals surface area (Å²) >= 11 is 0. The Morgan fingerprint density at radius 3 is 1.23 bits per heavy atom. The molecule has 0 aliphatic heterocycles. The maximum Gasteiger partial charge on any atom is 0.242 e. The van der Waals surface area contributed by atoms with Crippen molar-refractivity contribution in [1.29, 1.82) is 0 Å². The van der Waals surface area contributed by atoms with Gasteiger partial charge >= 0.3 is 0 Å². The number of hydrogen-bond donors (Lipinski definition) is 1. The molecule has 0 radical (unpaired) electrons. The fraction of sp³-hybridized carbons (Fsp3) is 0.478. The van der Waals surface area contributed by atoms with E-state index in [9.17, 15) is 0 Å². The van der Waals surface area contributed by atoms with E-state index in [1.54, 1.807) is 24.3 Å². The van der Waals surface area contributed by atoms with Gasteiger partial charge in [-0.05, 0) is 43.9 Å². The molecule has 0 unspecified atom stereocenters. The average Bonchev–Trinajstić information content (AvgIpc) is 2.59.